The minimum Gasteiger partial charge on any atom is -0.411 e. The van der Waals surface area contributed by atoms with Crippen LogP contribution in [-0.2, 0) is 4.79 Å². The number of ketones is 1. The zero-order valence-electron chi connectivity index (χ0n) is 9.60. The third-order valence-electron chi connectivity index (χ3n) is 3.93. The van der Waals surface area contributed by atoms with Gasteiger partial charge in [-0.2, -0.15) is 0 Å². The van der Waals surface area contributed by atoms with Gasteiger partial charge in [0.25, 0.3) is 0 Å². The van der Waals surface area contributed by atoms with Gasteiger partial charge >= 0.3 is 0 Å². The molecular formula is C14H15NO2. The molecule has 1 aromatic rings. The van der Waals surface area contributed by atoms with E-state index in [9.17, 15) is 4.79 Å². The maximum absolute atomic E-state index is 11.9. The van der Waals surface area contributed by atoms with Gasteiger partial charge in [-0.25, -0.2) is 0 Å². The minimum atomic E-state index is 0.206. The number of carbonyl (C=O) groups excluding carboxylic acids is 1. The van der Waals surface area contributed by atoms with Crippen LogP contribution in [0.5, 0.6) is 0 Å². The van der Waals surface area contributed by atoms with E-state index < -0.39 is 0 Å². The Morgan fingerprint density at radius 2 is 1.53 bits per heavy atom. The highest BCUT2D eigenvalue weighted by Gasteiger charge is 2.34. The Balaban J connectivity index is 2.14. The van der Waals surface area contributed by atoms with Crippen LogP contribution in [0.25, 0.3) is 0 Å². The van der Waals surface area contributed by atoms with Gasteiger partial charge in [0, 0.05) is 12.8 Å². The van der Waals surface area contributed by atoms with Crippen LogP contribution in [0.4, 0.5) is 0 Å². The van der Waals surface area contributed by atoms with E-state index in [4.69, 9.17) is 5.21 Å². The molecule has 3 nitrogen and oxygen atoms in total. The molecule has 3 heteroatoms. The molecule has 0 spiro atoms. The van der Waals surface area contributed by atoms with Crippen LogP contribution in [-0.4, -0.2) is 16.7 Å². The molecule has 0 heterocycles. The van der Waals surface area contributed by atoms with E-state index in [1.165, 1.54) is 11.1 Å². The second-order valence-corrected chi connectivity index (χ2v) is 5.04. The Bertz CT molecular complexity index is 454. The smallest absolute Gasteiger partial charge is 0.134 e. The van der Waals surface area contributed by atoms with Gasteiger partial charge in [0.05, 0.1) is 5.71 Å². The number of hydrogen-bond donors (Lipinski definition) is 1. The van der Waals surface area contributed by atoms with Crippen molar-refractivity contribution < 1.29 is 10.0 Å². The molecule has 0 radical (unpaired) electrons. The standard InChI is InChI=1S/C14H15NO2/c16-12-7-9-5-11(15-17)6-10(8-12)14-4-2-1-3-13(9)14/h1-4,9-10,17H,5-8H2/t9-,10+. The lowest BCUT2D eigenvalue weighted by Crippen LogP contribution is -2.15. The van der Waals surface area contributed by atoms with Gasteiger partial charge in [0.2, 0.25) is 0 Å². The fourth-order valence-corrected chi connectivity index (χ4v) is 3.21. The lowest BCUT2D eigenvalue weighted by Gasteiger charge is -2.16. The average molecular weight is 229 g/mol. The first kappa shape index (κ1) is 10.5. The van der Waals surface area contributed by atoms with Crippen molar-refractivity contribution in [2.45, 2.75) is 37.5 Å². The number of carbonyl (C=O) groups is 1. The summed E-state index contributed by atoms with van der Waals surface area (Å²) in [7, 11) is 0. The molecule has 0 saturated carbocycles. The predicted molar refractivity (Wildman–Crippen MR) is 64.6 cm³/mol. The molecule has 1 aromatic carbocycles. The summed E-state index contributed by atoms with van der Waals surface area (Å²) in [5.41, 5.74) is 3.40. The molecule has 17 heavy (non-hydrogen) atoms. The van der Waals surface area contributed by atoms with E-state index >= 15 is 0 Å². The van der Waals surface area contributed by atoms with Crippen molar-refractivity contribution >= 4 is 11.5 Å². The maximum atomic E-state index is 11.9. The molecule has 0 aliphatic heterocycles. The number of benzene rings is 1. The summed E-state index contributed by atoms with van der Waals surface area (Å²) >= 11 is 0. The summed E-state index contributed by atoms with van der Waals surface area (Å²) in [6.45, 7) is 0. The fourth-order valence-electron chi connectivity index (χ4n) is 3.21. The monoisotopic (exact) mass is 229 g/mol. The predicted octanol–water partition coefficient (Wildman–Crippen LogP) is 2.84. The molecule has 88 valence electrons. The zero-order valence-corrected chi connectivity index (χ0v) is 9.60. The topological polar surface area (TPSA) is 49.7 Å². The van der Waals surface area contributed by atoms with Gasteiger partial charge in [-0.3, -0.25) is 4.79 Å². The summed E-state index contributed by atoms with van der Waals surface area (Å²) in [4.78, 5) is 11.9. The molecule has 1 N–H and O–H groups in total. The van der Waals surface area contributed by atoms with Crippen molar-refractivity contribution in [2.24, 2.45) is 5.16 Å². The molecule has 0 aromatic heterocycles. The third kappa shape index (κ3) is 1.75. The van der Waals surface area contributed by atoms with Gasteiger partial charge in [0.1, 0.15) is 5.78 Å². The molecule has 2 bridgehead atoms. The Morgan fingerprint density at radius 3 is 2.00 bits per heavy atom. The Labute approximate surface area is 100 Å². The van der Waals surface area contributed by atoms with Gasteiger partial charge in [-0.05, 0) is 35.8 Å². The first-order chi connectivity index (χ1) is 8.28. The summed E-state index contributed by atoms with van der Waals surface area (Å²) in [6.07, 6.45) is 2.62. The number of hydrogen-bond acceptors (Lipinski definition) is 3. The first-order valence-corrected chi connectivity index (χ1v) is 6.08. The summed E-state index contributed by atoms with van der Waals surface area (Å²) in [5, 5.41) is 12.4. The van der Waals surface area contributed by atoms with Crippen LogP contribution < -0.4 is 0 Å². The second kappa shape index (κ2) is 3.99. The van der Waals surface area contributed by atoms with E-state index in [0.29, 0.717) is 18.6 Å². The van der Waals surface area contributed by atoms with Crippen molar-refractivity contribution in [1.82, 2.24) is 0 Å². The molecule has 0 unspecified atom stereocenters. The summed E-state index contributed by atoms with van der Waals surface area (Å²) in [6, 6.07) is 8.29. The number of Topliss-reactive ketones (excluding diaryl/α,β-unsaturated/α-hetero) is 1. The Kier molecular flexibility index (Phi) is 2.46. The summed E-state index contributed by atoms with van der Waals surface area (Å²) < 4.78 is 0. The van der Waals surface area contributed by atoms with Gasteiger partial charge in [0.15, 0.2) is 0 Å². The van der Waals surface area contributed by atoms with Crippen LogP contribution in [0.15, 0.2) is 29.4 Å². The van der Waals surface area contributed by atoms with Crippen molar-refractivity contribution in [3.63, 3.8) is 0 Å². The highest BCUT2D eigenvalue weighted by molar-refractivity contribution is 5.91. The fraction of sp³-hybridized carbons (Fsp3) is 0.429. The molecule has 0 saturated heterocycles. The number of nitrogens with zero attached hydrogens (tertiary/aromatic N) is 1. The highest BCUT2D eigenvalue weighted by Crippen LogP contribution is 2.42. The molecule has 2 aliphatic rings. The normalized spacial score (nSPS) is 29.9. The lowest BCUT2D eigenvalue weighted by molar-refractivity contribution is -0.119. The minimum absolute atomic E-state index is 0.206. The van der Waals surface area contributed by atoms with Crippen molar-refractivity contribution in [2.75, 3.05) is 0 Å². The van der Waals surface area contributed by atoms with E-state index in [-0.39, 0.29) is 11.8 Å². The van der Waals surface area contributed by atoms with E-state index in [1.807, 2.05) is 12.1 Å². The summed E-state index contributed by atoms with van der Waals surface area (Å²) in [5.74, 6) is 0.752. The molecule has 0 fully saturated rings. The van der Waals surface area contributed by atoms with Gasteiger partial charge in [-0.1, -0.05) is 29.4 Å². The Morgan fingerprint density at radius 1 is 1.00 bits per heavy atom. The Hall–Kier alpha value is -1.64. The van der Waals surface area contributed by atoms with Crippen LogP contribution >= 0.6 is 0 Å². The second-order valence-electron chi connectivity index (χ2n) is 5.04. The quantitative estimate of drug-likeness (QED) is 0.549. The van der Waals surface area contributed by atoms with Crippen LogP contribution in [0.3, 0.4) is 0 Å². The molecular weight excluding hydrogens is 214 g/mol. The van der Waals surface area contributed by atoms with Crippen molar-refractivity contribution in [3.8, 4) is 0 Å². The zero-order chi connectivity index (χ0) is 11.8. The van der Waals surface area contributed by atoms with E-state index in [2.05, 4.69) is 17.3 Å². The van der Waals surface area contributed by atoms with Crippen LogP contribution in [0.2, 0.25) is 0 Å². The largest absolute Gasteiger partial charge is 0.411 e. The van der Waals surface area contributed by atoms with Crippen LogP contribution in [0.1, 0.15) is 48.6 Å². The highest BCUT2D eigenvalue weighted by atomic mass is 16.4. The third-order valence-corrected chi connectivity index (χ3v) is 3.93. The maximum Gasteiger partial charge on any atom is 0.134 e. The first-order valence-electron chi connectivity index (χ1n) is 6.08. The van der Waals surface area contributed by atoms with Gasteiger partial charge < -0.3 is 5.21 Å². The van der Waals surface area contributed by atoms with Crippen molar-refractivity contribution in [3.05, 3.63) is 35.4 Å². The number of rotatable bonds is 0. The molecule has 3 rings (SSSR count). The van der Waals surface area contributed by atoms with E-state index in [0.717, 1.165) is 18.6 Å². The molecule has 0 amide bonds. The van der Waals surface area contributed by atoms with Crippen molar-refractivity contribution in [1.29, 1.82) is 0 Å². The lowest BCUT2D eigenvalue weighted by atomic mass is 9.88. The molecule has 2 aliphatic carbocycles. The number of oxime groups is 1. The average Bonchev–Trinajstić information content (AvgIpc) is 2.54. The SMILES string of the molecule is O=C1C[C@@H]2CC(=NO)C[C@H](C1)c1ccccc12. The van der Waals surface area contributed by atoms with Gasteiger partial charge in [-0.15, -0.1) is 0 Å². The van der Waals surface area contributed by atoms with Crippen LogP contribution in [0, 0.1) is 0 Å². The van der Waals surface area contributed by atoms with E-state index in [1.54, 1.807) is 0 Å². The molecule has 2 atom stereocenters.